The first-order valence-electron chi connectivity index (χ1n) is 15.2. The number of aromatic nitrogens is 2. The Bertz CT molecular complexity index is 1240. The molecule has 3 aliphatic carbocycles. The number of aliphatic hydroxyl groups is 1. The molecule has 1 N–H and O–H groups in total. The van der Waals surface area contributed by atoms with Crippen molar-refractivity contribution in [2.24, 2.45) is 16.7 Å². The molecule has 1 unspecified atom stereocenters. The first-order chi connectivity index (χ1) is 19.6. The third-order valence-electron chi connectivity index (χ3n) is 10.1. The lowest BCUT2D eigenvalue weighted by atomic mass is 9.74. The van der Waals surface area contributed by atoms with Crippen LogP contribution in [0.3, 0.4) is 0 Å². The lowest BCUT2D eigenvalue weighted by Gasteiger charge is -2.35. The second-order valence-corrected chi connectivity index (χ2v) is 13.7. The van der Waals surface area contributed by atoms with Crippen LogP contribution in [0, 0.1) is 23.7 Å². The molecule has 1 aromatic carbocycles. The third kappa shape index (κ3) is 6.47. The van der Waals surface area contributed by atoms with Gasteiger partial charge in [-0.1, -0.05) is 29.3 Å². The molecule has 3 fully saturated rings. The van der Waals surface area contributed by atoms with Crippen LogP contribution < -0.4 is 0 Å². The summed E-state index contributed by atoms with van der Waals surface area (Å²) in [6.07, 6.45) is 11.0. The van der Waals surface area contributed by atoms with Gasteiger partial charge in [0.25, 0.3) is 5.91 Å². The molecule has 0 bridgehead atoms. The van der Waals surface area contributed by atoms with Crippen molar-refractivity contribution in [3.8, 4) is 0 Å². The molecule has 1 heterocycles. The van der Waals surface area contributed by atoms with Crippen LogP contribution in [0.25, 0.3) is 0 Å². The quantitative estimate of drug-likeness (QED) is 0.303. The monoisotopic (exact) mass is 603 g/mol. The smallest absolute Gasteiger partial charge is 0.311 e. The zero-order chi connectivity index (χ0) is 29.4. The summed E-state index contributed by atoms with van der Waals surface area (Å²) in [5.41, 5.74) is 1.91. The molecule has 3 saturated carbocycles. The van der Waals surface area contributed by atoms with Crippen LogP contribution in [0.1, 0.15) is 112 Å². The number of aliphatic hydroxyl groups excluding tert-OH is 1. The largest absolute Gasteiger partial charge is 0.466 e. The van der Waals surface area contributed by atoms with Crippen LogP contribution in [0.4, 0.5) is 0 Å². The maximum Gasteiger partial charge on any atom is 0.311 e. The molecule has 1 atom stereocenters. The van der Waals surface area contributed by atoms with Gasteiger partial charge in [0.2, 0.25) is 0 Å². The fourth-order valence-corrected chi connectivity index (χ4v) is 7.65. The summed E-state index contributed by atoms with van der Waals surface area (Å²) < 4.78 is 7.27. The van der Waals surface area contributed by atoms with Crippen LogP contribution in [-0.2, 0) is 9.53 Å². The third-order valence-corrected chi connectivity index (χ3v) is 10.7. The van der Waals surface area contributed by atoms with Crippen LogP contribution in [0.5, 0.6) is 0 Å². The Morgan fingerprint density at radius 1 is 1.10 bits per heavy atom. The standard InChI is InChI=1S/C32H43Cl2N3O4/c1-4-41-30(40)31(3)12-10-23(11-13-31)37-21(2)24(18-35-37)29(39)36(19-22-8-14-32(15-9-22)16-17-32)20-27(38)28-25(33)6-5-7-26(28)34/h5-7,18,22-23,27,38H,4,8-17,19-20H2,1-3H3/t23-,27?,31-. The molecule has 0 saturated heterocycles. The van der Waals surface area contributed by atoms with Crippen LogP contribution >= 0.6 is 23.2 Å². The summed E-state index contributed by atoms with van der Waals surface area (Å²) >= 11 is 12.8. The lowest BCUT2D eigenvalue weighted by Crippen LogP contribution is -2.40. The summed E-state index contributed by atoms with van der Waals surface area (Å²) in [7, 11) is 0. The molecule has 1 aromatic heterocycles. The van der Waals surface area contributed by atoms with E-state index in [0.29, 0.717) is 45.7 Å². The number of rotatable bonds is 9. The zero-order valence-corrected chi connectivity index (χ0v) is 26.0. The number of halogens is 2. The highest BCUT2D eigenvalue weighted by atomic mass is 35.5. The lowest BCUT2D eigenvalue weighted by molar-refractivity contribution is -0.156. The molecule has 1 amide bonds. The van der Waals surface area contributed by atoms with E-state index in [4.69, 9.17) is 27.9 Å². The van der Waals surface area contributed by atoms with Gasteiger partial charge in [0.15, 0.2) is 0 Å². The van der Waals surface area contributed by atoms with Gasteiger partial charge in [-0.15, -0.1) is 0 Å². The molecular formula is C32H43Cl2N3O4. The van der Waals surface area contributed by atoms with Gasteiger partial charge in [-0.2, -0.15) is 5.10 Å². The maximum absolute atomic E-state index is 14.1. The predicted octanol–water partition coefficient (Wildman–Crippen LogP) is 7.33. The summed E-state index contributed by atoms with van der Waals surface area (Å²) in [5.74, 6) is 0.137. The molecule has 9 heteroatoms. The molecule has 1 spiro atoms. The summed E-state index contributed by atoms with van der Waals surface area (Å²) in [6, 6.07) is 5.28. The molecule has 41 heavy (non-hydrogen) atoms. The Hall–Kier alpha value is -2.09. The number of amides is 1. The van der Waals surface area contributed by atoms with Gasteiger partial charge < -0.3 is 14.7 Å². The highest BCUT2D eigenvalue weighted by molar-refractivity contribution is 6.36. The average molecular weight is 605 g/mol. The molecule has 2 aromatic rings. The van der Waals surface area contributed by atoms with Crippen LogP contribution in [-0.4, -0.2) is 51.4 Å². The number of nitrogens with zero attached hydrogens (tertiary/aromatic N) is 3. The highest BCUT2D eigenvalue weighted by Crippen LogP contribution is 2.57. The molecule has 224 valence electrons. The Kier molecular flexibility index (Phi) is 9.08. The summed E-state index contributed by atoms with van der Waals surface area (Å²) in [4.78, 5) is 28.4. The number of carbonyl (C=O) groups is 2. The Morgan fingerprint density at radius 3 is 2.32 bits per heavy atom. The van der Waals surface area contributed by atoms with E-state index in [0.717, 1.165) is 44.2 Å². The highest BCUT2D eigenvalue weighted by Gasteiger charge is 2.45. The van der Waals surface area contributed by atoms with Crippen molar-refractivity contribution >= 4 is 35.1 Å². The Labute approximate surface area is 253 Å². The van der Waals surface area contributed by atoms with E-state index in [1.165, 1.54) is 25.7 Å². The normalized spacial score (nSPS) is 24.7. The number of benzene rings is 1. The van der Waals surface area contributed by atoms with Gasteiger partial charge in [0.1, 0.15) is 0 Å². The summed E-state index contributed by atoms with van der Waals surface area (Å²) in [5, 5.41) is 16.7. The van der Waals surface area contributed by atoms with E-state index in [-0.39, 0.29) is 24.5 Å². The summed E-state index contributed by atoms with van der Waals surface area (Å²) in [6.45, 7) is 6.84. The van der Waals surface area contributed by atoms with Crippen molar-refractivity contribution in [3.63, 3.8) is 0 Å². The molecule has 0 radical (unpaired) electrons. The number of ether oxygens (including phenoxy) is 1. The molecule has 7 nitrogen and oxygen atoms in total. The van der Waals surface area contributed by atoms with Gasteiger partial charge in [-0.25, -0.2) is 0 Å². The van der Waals surface area contributed by atoms with E-state index in [1.807, 2.05) is 25.5 Å². The second-order valence-electron chi connectivity index (χ2n) is 12.9. The van der Waals surface area contributed by atoms with E-state index in [1.54, 1.807) is 29.3 Å². The first-order valence-corrected chi connectivity index (χ1v) is 15.9. The maximum atomic E-state index is 14.1. The van der Waals surface area contributed by atoms with E-state index in [9.17, 15) is 14.7 Å². The van der Waals surface area contributed by atoms with Crippen molar-refractivity contribution in [1.82, 2.24) is 14.7 Å². The van der Waals surface area contributed by atoms with Crippen molar-refractivity contribution in [1.29, 1.82) is 0 Å². The SMILES string of the molecule is CCOC(=O)[C@]1(C)CC[C@@H](n2ncc(C(=O)N(CC3CCC4(CC3)CC4)CC(O)c3c(Cl)cccc3Cl)c2C)CC1. The molecular weight excluding hydrogens is 561 g/mol. The molecule has 3 aliphatic rings. The Morgan fingerprint density at radius 2 is 1.73 bits per heavy atom. The number of hydrogen-bond donors (Lipinski definition) is 1. The number of esters is 1. The van der Waals surface area contributed by atoms with Crippen molar-refractivity contribution in [2.45, 2.75) is 97.1 Å². The predicted molar refractivity (Wildman–Crippen MR) is 160 cm³/mol. The van der Waals surface area contributed by atoms with Gasteiger partial charge >= 0.3 is 5.97 Å². The van der Waals surface area contributed by atoms with Crippen molar-refractivity contribution in [2.75, 3.05) is 19.7 Å². The fourth-order valence-electron chi connectivity index (χ4n) is 7.00. The minimum absolute atomic E-state index is 0.107. The zero-order valence-electron chi connectivity index (χ0n) is 24.5. The molecule has 0 aliphatic heterocycles. The fraction of sp³-hybridized carbons (Fsp3) is 0.656. The first kappa shape index (κ1) is 30.4. The number of carbonyl (C=O) groups excluding carboxylic acids is 2. The Balaban J connectivity index is 1.33. The van der Waals surface area contributed by atoms with Crippen molar-refractivity contribution < 1.29 is 19.4 Å². The van der Waals surface area contributed by atoms with Crippen LogP contribution in [0.2, 0.25) is 10.0 Å². The van der Waals surface area contributed by atoms with E-state index < -0.39 is 11.5 Å². The second kappa shape index (κ2) is 12.3. The number of hydrogen-bond acceptors (Lipinski definition) is 5. The van der Waals surface area contributed by atoms with Crippen LogP contribution in [0.15, 0.2) is 24.4 Å². The topological polar surface area (TPSA) is 84.7 Å². The molecule has 5 rings (SSSR count). The van der Waals surface area contributed by atoms with Gasteiger partial charge in [0.05, 0.1) is 42.5 Å². The van der Waals surface area contributed by atoms with Crippen molar-refractivity contribution in [3.05, 3.63) is 51.3 Å². The van der Waals surface area contributed by atoms with Gasteiger partial charge in [-0.05, 0) is 108 Å². The minimum atomic E-state index is -1.01. The van der Waals surface area contributed by atoms with Gasteiger partial charge in [-0.3, -0.25) is 14.3 Å². The minimum Gasteiger partial charge on any atom is -0.466 e. The van der Waals surface area contributed by atoms with E-state index >= 15 is 0 Å². The van der Waals surface area contributed by atoms with E-state index in [2.05, 4.69) is 5.10 Å². The van der Waals surface area contributed by atoms with Gasteiger partial charge in [0, 0.05) is 27.8 Å². The average Bonchev–Trinajstić information content (AvgIpc) is 3.60.